The number of nitrogens with zero attached hydrogens (tertiary/aromatic N) is 2. The van der Waals surface area contributed by atoms with Crippen LogP contribution in [0.2, 0.25) is 10.0 Å². The van der Waals surface area contributed by atoms with Crippen molar-refractivity contribution in [2.45, 2.75) is 89.8 Å². The number of carbonyl (C=O) groups is 2. The Morgan fingerprint density at radius 2 is 1.05 bits per heavy atom. The van der Waals surface area contributed by atoms with Crippen molar-refractivity contribution in [1.29, 1.82) is 0 Å². The monoisotopic (exact) mass is 816 g/mol. The lowest BCUT2D eigenvalue weighted by Crippen LogP contribution is -2.44. The topological polar surface area (TPSA) is 99.5 Å². The molecular formula is C42H42Cl2F4N2O6. The maximum atomic E-state index is 14.2. The summed E-state index contributed by atoms with van der Waals surface area (Å²) < 4.78 is 68.7. The molecular weight excluding hydrogens is 775 g/mol. The standard InChI is InChI=1S/C42H42Cl2F4N2O6/c43-37-27(23-55-35-15-13-25(19-31(35)39(45)46)21-49-17-3-1-11-33(49)41(51)52)7-5-9-29(37)30-10-6-8-28(38(30)44)24-56-36-16-14-26(20-32(36)40(47)48)22-50-18-4-2-12-34(50)42(53)54/h5-10,13-16,19-20,33-34,39-40H,1-4,11-12,17-18,21-24H2,(H,51,52)(H,53,54)/t33-,34-/m0/s1. The van der Waals surface area contributed by atoms with Crippen LogP contribution in [0.5, 0.6) is 11.5 Å². The molecule has 2 aliphatic heterocycles. The highest BCUT2D eigenvalue weighted by atomic mass is 35.5. The summed E-state index contributed by atoms with van der Waals surface area (Å²) in [5.74, 6) is -1.90. The van der Waals surface area contributed by atoms with Gasteiger partial charge in [-0.1, -0.05) is 84.6 Å². The summed E-state index contributed by atoms with van der Waals surface area (Å²) in [6, 6.07) is 18.0. The number of benzene rings is 4. The molecule has 0 radical (unpaired) electrons. The van der Waals surface area contributed by atoms with Gasteiger partial charge in [-0.2, -0.15) is 0 Å². The second-order valence-corrected chi connectivity index (χ2v) is 14.9. The zero-order valence-corrected chi connectivity index (χ0v) is 31.9. The SMILES string of the molecule is O=C(O)[C@@H]1CCCCN1Cc1ccc(OCc2cccc(-c3cccc(COc4ccc(CN5CCCC[C@H]5C(=O)O)cc4C(F)F)c3Cl)c2Cl)c(C(F)F)c1. The lowest BCUT2D eigenvalue weighted by atomic mass is 10.0. The molecule has 0 saturated carbocycles. The zero-order chi connectivity index (χ0) is 39.9. The molecule has 0 bridgehead atoms. The molecule has 2 fully saturated rings. The highest BCUT2D eigenvalue weighted by Crippen LogP contribution is 2.39. The first-order valence-electron chi connectivity index (χ1n) is 18.5. The Morgan fingerprint density at radius 3 is 1.43 bits per heavy atom. The first-order chi connectivity index (χ1) is 26.9. The van der Waals surface area contributed by atoms with E-state index < -0.39 is 36.9 Å². The second kappa shape index (κ2) is 18.7. The van der Waals surface area contributed by atoms with Crippen LogP contribution in [0, 0.1) is 0 Å². The molecule has 2 N–H and O–H groups in total. The number of hydrogen-bond donors (Lipinski definition) is 2. The normalized spacial score (nSPS) is 18.0. The van der Waals surface area contributed by atoms with Crippen LogP contribution >= 0.6 is 23.2 Å². The average Bonchev–Trinajstić information content (AvgIpc) is 3.18. The Bertz CT molecular complexity index is 1890. The number of ether oxygens (including phenoxy) is 2. The van der Waals surface area contributed by atoms with E-state index in [-0.39, 0.29) is 59.0 Å². The van der Waals surface area contributed by atoms with Crippen LogP contribution in [0.4, 0.5) is 17.6 Å². The van der Waals surface area contributed by atoms with E-state index in [4.69, 9.17) is 32.7 Å². The fraction of sp³-hybridized carbons (Fsp3) is 0.381. The largest absolute Gasteiger partial charge is 0.488 e. The summed E-state index contributed by atoms with van der Waals surface area (Å²) in [4.78, 5) is 27.1. The van der Waals surface area contributed by atoms with E-state index in [2.05, 4.69) is 0 Å². The third kappa shape index (κ3) is 9.77. The minimum atomic E-state index is -2.84. The summed E-state index contributed by atoms with van der Waals surface area (Å²) in [7, 11) is 0. The molecule has 0 aliphatic carbocycles. The van der Waals surface area contributed by atoms with Gasteiger partial charge in [-0.15, -0.1) is 0 Å². The van der Waals surface area contributed by atoms with Gasteiger partial charge in [0, 0.05) is 35.3 Å². The minimum Gasteiger partial charge on any atom is -0.488 e. The number of likely N-dealkylation sites (tertiary alicyclic amines) is 2. The van der Waals surface area contributed by atoms with Gasteiger partial charge in [0.05, 0.1) is 21.2 Å². The third-order valence-corrected chi connectivity index (χ3v) is 11.3. The van der Waals surface area contributed by atoms with Crippen LogP contribution in [0.3, 0.4) is 0 Å². The molecule has 0 spiro atoms. The summed E-state index contributed by atoms with van der Waals surface area (Å²) >= 11 is 13.7. The van der Waals surface area contributed by atoms with Crippen molar-refractivity contribution < 1.29 is 46.8 Å². The molecule has 4 aromatic rings. The van der Waals surface area contributed by atoms with Gasteiger partial charge in [-0.3, -0.25) is 19.4 Å². The molecule has 2 heterocycles. The molecule has 0 aromatic heterocycles. The van der Waals surface area contributed by atoms with Crippen molar-refractivity contribution in [3.63, 3.8) is 0 Å². The molecule has 0 unspecified atom stereocenters. The van der Waals surface area contributed by atoms with Gasteiger partial charge in [0.2, 0.25) is 0 Å². The maximum Gasteiger partial charge on any atom is 0.320 e. The molecule has 2 saturated heterocycles. The number of aliphatic carboxylic acids is 2. The Balaban J connectivity index is 1.15. The van der Waals surface area contributed by atoms with Gasteiger partial charge in [0.25, 0.3) is 12.9 Å². The van der Waals surface area contributed by atoms with E-state index in [1.807, 2.05) is 0 Å². The molecule has 0 amide bonds. The number of rotatable bonds is 15. The lowest BCUT2D eigenvalue weighted by molar-refractivity contribution is -0.145. The number of alkyl halides is 4. The molecule has 56 heavy (non-hydrogen) atoms. The van der Waals surface area contributed by atoms with Crippen molar-refractivity contribution in [3.05, 3.63) is 116 Å². The van der Waals surface area contributed by atoms with E-state index in [1.165, 1.54) is 24.3 Å². The number of halogens is 6. The number of carboxylic acid groups (broad SMARTS) is 2. The van der Waals surface area contributed by atoms with Crippen molar-refractivity contribution in [2.75, 3.05) is 13.1 Å². The maximum absolute atomic E-state index is 14.2. The number of piperidine rings is 2. The van der Waals surface area contributed by atoms with E-state index >= 15 is 0 Å². The number of hydrogen-bond acceptors (Lipinski definition) is 6. The minimum absolute atomic E-state index is 0.0250. The van der Waals surface area contributed by atoms with Crippen LogP contribution < -0.4 is 9.47 Å². The molecule has 8 nitrogen and oxygen atoms in total. The molecule has 6 rings (SSSR count). The van der Waals surface area contributed by atoms with Crippen LogP contribution in [-0.2, 0) is 35.9 Å². The summed E-state index contributed by atoms with van der Waals surface area (Å²) in [6.45, 7) is 1.32. The predicted molar refractivity (Wildman–Crippen MR) is 205 cm³/mol. The smallest absolute Gasteiger partial charge is 0.320 e. The van der Waals surface area contributed by atoms with Crippen molar-refractivity contribution >= 4 is 35.1 Å². The molecule has 298 valence electrons. The Kier molecular flexibility index (Phi) is 13.8. The first kappa shape index (κ1) is 41.3. The van der Waals surface area contributed by atoms with Gasteiger partial charge < -0.3 is 19.7 Å². The molecule has 14 heteroatoms. The lowest BCUT2D eigenvalue weighted by Gasteiger charge is -2.33. The average molecular weight is 818 g/mol. The van der Waals surface area contributed by atoms with Gasteiger partial charge >= 0.3 is 11.9 Å². The summed E-state index contributed by atoms with van der Waals surface area (Å²) in [5, 5.41) is 19.8. The fourth-order valence-electron chi connectivity index (χ4n) is 7.49. The van der Waals surface area contributed by atoms with E-state index in [9.17, 15) is 37.4 Å². The van der Waals surface area contributed by atoms with Gasteiger partial charge in [0.1, 0.15) is 36.8 Å². The van der Waals surface area contributed by atoms with E-state index in [1.54, 1.807) is 58.3 Å². The highest BCUT2D eigenvalue weighted by molar-refractivity contribution is 6.37. The van der Waals surface area contributed by atoms with Crippen molar-refractivity contribution in [2.24, 2.45) is 0 Å². The van der Waals surface area contributed by atoms with Gasteiger partial charge in [-0.25, -0.2) is 17.6 Å². The Hall–Kier alpha value is -4.36. The third-order valence-electron chi connectivity index (χ3n) is 10.4. The van der Waals surface area contributed by atoms with Gasteiger partial charge in [0.15, 0.2) is 0 Å². The van der Waals surface area contributed by atoms with Crippen LogP contribution in [0.1, 0.15) is 84.8 Å². The molecule has 4 aromatic carbocycles. The summed E-state index contributed by atoms with van der Waals surface area (Å²) in [6.07, 6.45) is -1.37. The summed E-state index contributed by atoms with van der Waals surface area (Å²) in [5.41, 5.74) is 2.58. The van der Waals surface area contributed by atoms with E-state index in [0.717, 1.165) is 25.7 Å². The predicted octanol–water partition coefficient (Wildman–Crippen LogP) is 10.6. The van der Waals surface area contributed by atoms with Crippen molar-refractivity contribution in [3.8, 4) is 22.6 Å². The quantitative estimate of drug-likeness (QED) is 0.114. The van der Waals surface area contributed by atoms with Crippen LogP contribution in [0.25, 0.3) is 11.1 Å². The molecule has 2 aliphatic rings. The van der Waals surface area contributed by atoms with Gasteiger partial charge in [-0.05, 0) is 74.2 Å². The Labute approximate surface area is 332 Å². The zero-order valence-electron chi connectivity index (χ0n) is 30.4. The first-order valence-corrected chi connectivity index (χ1v) is 19.2. The Morgan fingerprint density at radius 1 is 0.643 bits per heavy atom. The van der Waals surface area contributed by atoms with Crippen LogP contribution in [-0.4, -0.2) is 57.1 Å². The number of carboxylic acids is 2. The molecule has 2 atom stereocenters. The van der Waals surface area contributed by atoms with Crippen LogP contribution in [0.15, 0.2) is 72.8 Å². The second-order valence-electron chi connectivity index (χ2n) is 14.1. The van der Waals surface area contributed by atoms with E-state index in [0.29, 0.717) is 59.3 Å². The highest BCUT2D eigenvalue weighted by Gasteiger charge is 2.30. The fourth-order valence-corrected chi connectivity index (χ4v) is 8.06. The van der Waals surface area contributed by atoms with Crippen molar-refractivity contribution in [1.82, 2.24) is 9.80 Å².